The van der Waals surface area contributed by atoms with E-state index in [1.807, 2.05) is 6.92 Å². The van der Waals surface area contributed by atoms with Crippen molar-refractivity contribution < 1.29 is 4.74 Å². The summed E-state index contributed by atoms with van der Waals surface area (Å²) in [6, 6.07) is 11.4. The molecule has 0 amide bonds. The van der Waals surface area contributed by atoms with E-state index in [2.05, 4.69) is 54.4 Å². The summed E-state index contributed by atoms with van der Waals surface area (Å²) in [6.07, 6.45) is 4.25. The lowest BCUT2D eigenvalue weighted by Crippen LogP contribution is -2.51. The van der Waals surface area contributed by atoms with Crippen LogP contribution in [0.15, 0.2) is 30.3 Å². The highest BCUT2D eigenvalue weighted by Crippen LogP contribution is 2.39. The Kier molecular flexibility index (Phi) is 6.29. The first-order valence-corrected chi connectivity index (χ1v) is 8.09. The van der Waals surface area contributed by atoms with E-state index in [4.69, 9.17) is 4.74 Å². The summed E-state index contributed by atoms with van der Waals surface area (Å²) in [4.78, 5) is 0. The van der Waals surface area contributed by atoms with E-state index in [1.54, 1.807) is 0 Å². The summed E-state index contributed by atoms with van der Waals surface area (Å²) in [6.45, 7) is 6.83. The van der Waals surface area contributed by atoms with Gasteiger partial charge in [-0.25, -0.2) is 0 Å². The van der Waals surface area contributed by atoms with Gasteiger partial charge < -0.3 is 10.1 Å². The first-order valence-electron chi connectivity index (χ1n) is 8.09. The van der Waals surface area contributed by atoms with E-state index in [0.29, 0.717) is 6.04 Å². The van der Waals surface area contributed by atoms with Gasteiger partial charge in [0.05, 0.1) is 0 Å². The van der Waals surface area contributed by atoms with Gasteiger partial charge in [-0.15, -0.1) is 11.8 Å². The number of rotatable bonds is 6. The van der Waals surface area contributed by atoms with Crippen LogP contribution in [-0.2, 0) is 10.2 Å². The Morgan fingerprint density at radius 1 is 1.24 bits per heavy atom. The smallest absolute Gasteiger partial charge is 0.0475 e. The van der Waals surface area contributed by atoms with Crippen LogP contribution in [-0.4, -0.2) is 25.8 Å². The van der Waals surface area contributed by atoms with Gasteiger partial charge in [-0.2, -0.15) is 0 Å². The fraction of sp³-hybridized carbons (Fsp3) is 0.579. The average Bonchev–Trinajstić information content (AvgIpc) is 2.56. The molecule has 1 atom stereocenters. The molecule has 1 N–H and O–H groups in total. The van der Waals surface area contributed by atoms with Crippen molar-refractivity contribution in [3.05, 3.63) is 35.9 Å². The summed E-state index contributed by atoms with van der Waals surface area (Å²) in [7, 11) is 0. The molecule has 1 aromatic carbocycles. The minimum absolute atomic E-state index is 0.185. The molecule has 114 valence electrons. The largest absolute Gasteiger partial charge is 0.381 e. The monoisotopic (exact) mass is 285 g/mol. The Balaban J connectivity index is 2.28. The molecule has 2 nitrogen and oxygen atoms in total. The topological polar surface area (TPSA) is 21.3 Å². The van der Waals surface area contributed by atoms with E-state index < -0.39 is 0 Å². The van der Waals surface area contributed by atoms with Gasteiger partial charge in [-0.05, 0) is 38.3 Å². The van der Waals surface area contributed by atoms with Gasteiger partial charge >= 0.3 is 0 Å². The van der Waals surface area contributed by atoms with Crippen LogP contribution < -0.4 is 5.32 Å². The summed E-state index contributed by atoms with van der Waals surface area (Å²) in [5.41, 5.74) is 1.63. The predicted octanol–water partition coefficient (Wildman–Crippen LogP) is 3.52. The van der Waals surface area contributed by atoms with Crippen LogP contribution >= 0.6 is 0 Å². The van der Waals surface area contributed by atoms with Gasteiger partial charge in [0.25, 0.3) is 0 Å². The highest BCUT2D eigenvalue weighted by molar-refractivity contribution is 5.29. The zero-order valence-electron chi connectivity index (χ0n) is 13.3. The SMILES string of the molecule is CC#CCCC(NCC)C1(c2ccccc2)CCOCC1. The third-order valence-electron chi connectivity index (χ3n) is 4.59. The second-order valence-electron chi connectivity index (χ2n) is 5.71. The fourth-order valence-corrected chi connectivity index (χ4v) is 3.51. The standard InChI is InChI=1S/C19H27NO/c1-3-5-7-12-18(20-4-2)19(13-15-21-16-14-19)17-10-8-6-9-11-17/h6,8-11,18,20H,4,7,12-16H2,1-2H3. The van der Waals surface area contributed by atoms with Crippen LogP contribution in [0.2, 0.25) is 0 Å². The van der Waals surface area contributed by atoms with E-state index in [-0.39, 0.29) is 5.41 Å². The summed E-state index contributed by atoms with van der Waals surface area (Å²) < 4.78 is 5.64. The van der Waals surface area contributed by atoms with Gasteiger partial charge in [0.1, 0.15) is 0 Å². The maximum Gasteiger partial charge on any atom is 0.0475 e. The number of benzene rings is 1. The van der Waals surface area contributed by atoms with Crippen molar-refractivity contribution in [3.8, 4) is 11.8 Å². The molecule has 0 radical (unpaired) electrons. The second-order valence-corrected chi connectivity index (χ2v) is 5.71. The maximum atomic E-state index is 5.64. The zero-order chi connectivity index (χ0) is 15.0. The van der Waals surface area contributed by atoms with Crippen molar-refractivity contribution in [2.45, 2.75) is 51.0 Å². The van der Waals surface area contributed by atoms with Crippen LogP contribution in [0.5, 0.6) is 0 Å². The van der Waals surface area contributed by atoms with Crippen molar-refractivity contribution in [2.75, 3.05) is 19.8 Å². The summed E-state index contributed by atoms with van der Waals surface area (Å²) in [5, 5.41) is 3.73. The van der Waals surface area contributed by atoms with Crippen molar-refractivity contribution in [3.63, 3.8) is 0 Å². The van der Waals surface area contributed by atoms with Crippen molar-refractivity contribution in [2.24, 2.45) is 0 Å². The molecule has 0 aliphatic carbocycles. The minimum atomic E-state index is 0.185. The third-order valence-corrected chi connectivity index (χ3v) is 4.59. The molecular formula is C19H27NO. The fourth-order valence-electron chi connectivity index (χ4n) is 3.51. The van der Waals surface area contributed by atoms with E-state index >= 15 is 0 Å². The number of ether oxygens (including phenoxy) is 1. The van der Waals surface area contributed by atoms with Gasteiger partial charge in [-0.3, -0.25) is 0 Å². The molecule has 0 saturated carbocycles. The molecule has 2 heteroatoms. The van der Waals surface area contributed by atoms with Crippen LogP contribution in [0, 0.1) is 11.8 Å². The molecule has 0 spiro atoms. The molecule has 0 aromatic heterocycles. The summed E-state index contributed by atoms with van der Waals surface area (Å²) in [5.74, 6) is 6.24. The van der Waals surface area contributed by atoms with E-state index in [9.17, 15) is 0 Å². The second kappa shape index (κ2) is 8.22. The predicted molar refractivity (Wildman–Crippen MR) is 88.3 cm³/mol. The normalized spacial score (nSPS) is 18.6. The van der Waals surface area contributed by atoms with Crippen molar-refractivity contribution >= 4 is 0 Å². The molecule has 1 aliphatic heterocycles. The lowest BCUT2D eigenvalue weighted by molar-refractivity contribution is 0.0334. The molecule has 1 fully saturated rings. The van der Waals surface area contributed by atoms with Gasteiger partial charge in [0, 0.05) is 31.1 Å². The quantitative estimate of drug-likeness (QED) is 0.808. The lowest BCUT2D eigenvalue weighted by atomic mass is 9.67. The minimum Gasteiger partial charge on any atom is -0.381 e. The van der Waals surface area contributed by atoms with Crippen LogP contribution in [0.4, 0.5) is 0 Å². The van der Waals surface area contributed by atoms with Crippen molar-refractivity contribution in [1.82, 2.24) is 5.32 Å². The Morgan fingerprint density at radius 3 is 2.57 bits per heavy atom. The Hall–Kier alpha value is -1.30. The first kappa shape index (κ1) is 16.1. The first-order chi connectivity index (χ1) is 10.3. The van der Waals surface area contributed by atoms with Gasteiger partial charge in [-0.1, -0.05) is 37.3 Å². The highest BCUT2D eigenvalue weighted by Gasteiger charge is 2.40. The summed E-state index contributed by atoms with van der Waals surface area (Å²) >= 11 is 0. The molecule has 0 bridgehead atoms. The molecule has 1 aliphatic rings. The number of nitrogens with one attached hydrogen (secondary N) is 1. The Morgan fingerprint density at radius 2 is 1.95 bits per heavy atom. The van der Waals surface area contributed by atoms with E-state index in [0.717, 1.165) is 45.4 Å². The highest BCUT2D eigenvalue weighted by atomic mass is 16.5. The Bertz CT molecular complexity index is 465. The molecule has 1 unspecified atom stereocenters. The Labute approximate surface area is 129 Å². The number of hydrogen-bond donors (Lipinski definition) is 1. The third kappa shape index (κ3) is 3.87. The van der Waals surface area contributed by atoms with Crippen LogP contribution in [0.1, 0.15) is 45.1 Å². The molecule has 21 heavy (non-hydrogen) atoms. The van der Waals surface area contributed by atoms with Crippen LogP contribution in [0.25, 0.3) is 0 Å². The van der Waals surface area contributed by atoms with Crippen molar-refractivity contribution in [1.29, 1.82) is 0 Å². The average molecular weight is 285 g/mol. The molecular weight excluding hydrogens is 258 g/mol. The molecule has 2 rings (SSSR count). The molecule has 1 saturated heterocycles. The number of hydrogen-bond acceptors (Lipinski definition) is 2. The van der Waals surface area contributed by atoms with E-state index in [1.165, 1.54) is 5.56 Å². The lowest BCUT2D eigenvalue weighted by Gasteiger charge is -2.44. The number of likely N-dealkylation sites (N-methyl/N-ethyl adjacent to an activating group) is 1. The van der Waals surface area contributed by atoms with Gasteiger partial charge in [0.15, 0.2) is 0 Å². The zero-order valence-corrected chi connectivity index (χ0v) is 13.3. The van der Waals surface area contributed by atoms with Gasteiger partial charge in [0.2, 0.25) is 0 Å². The molecule has 1 heterocycles. The van der Waals surface area contributed by atoms with Crippen LogP contribution in [0.3, 0.4) is 0 Å². The molecule has 1 aromatic rings. The maximum absolute atomic E-state index is 5.64.